The first kappa shape index (κ1) is 30.6. The SMILES string of the molecule is Nc1ncnc2c([C@H]3C[C@H](O)[C@@H](COP(O)(=S)OP(=O)(O)OC4OC5(O)C4C(O)C(O)C5[C@@H](F)CO)O3)snc12. The van der Waals surface area contributed by atoms with Crippen molar-refractivity contribution < 1.29 is 67.1 Å². The lowest BCUT2D eigenvalue weighted by atomic mass is 9.87. The maximum Gasteiger partial charge on any atom is 0.481 e. The number of aliphatic hydroxyl groups excluding tert-OH is 4. The fourth-order valence-electron chi connectivity index (χ4n) is 5.04. The van der Waals surface area contributed by atoms with Crippen molar-refractivity contribution in [1.82, 2.24) is 14.3 Å². The molecule has 1 saturated carbocycles. The number of aliphatic hydroxyl groups is 5. The van der Waals surface area contributed by atoms with Gasteiger partial charge >= 0.3 is 14.5 Å². The highest BCUT2D eigenvalue weighted by atomic mass is 32.5. The lowest BCUT2D eigenvalue weighted by molar-refractivity contribution is -0.426. The van der Waals surface area contributed by atoms with E-state index in [-0.39, 0.29) is 12.2 Å². The van der Waals surface area contributed by atoms with Crippen LogP contribution in [-0.4, -0.2) is 106 Å². The normalized spacial score (nSPS) is 39.4. The summed E-state index contributed by atoms with van der Waals surface area (Å²) in [6.45, 7) is -6.20. The smallest absolute Gasteiger partial charge is 0.393 e. The number of hydrogen-bond acceptors (Lipinski definition) is 17. The maximum absolute atomic E-state index is 14.0. The molecular weight excluding hydrogens is 625 g/mol. The van der Waals surface area contributed by atoms with Crippen LogP contribution in [0.2, 0.25) is 0 Å². The fourth-order valence-corrected chi connectivity index (χ4v) is 9.02. The number of phosphoric acid groups is 1. The van der Waals surface area contributed by atoms with Gasteiger partial charge in [0, 0.05) is 6.42 Å². The Morgan fingerprint density at radius 1 is 1.27 bits per heavy atom. The van der Waals surface area contributed by atoms with Gasteiger partial charge in [-0.25, -0.2) is 23.2 Å². The number of rotatable bonds is 10. The number of hydrogen-bond donors (Lipinski definition) is 8. The summed E-state index contributed by atoms with van der Waals surface area (Å²) in [6.07, 6.45) is -9.30. The summed E-state index contributed by atoms with van der Waals surface area (Å²) < 4.78 is 55.9. The molecule has 40 heavy (non-hydrogen) atoms. The van der Waals surface area contributed by atoms with Crippen LogP contribution in [0.25, 0.3) is 11.0 Å². The second-order valence-electron chi connectivity index (χ2n) is 9.36. The number of nitrogen functional groups attached to an aromatic ring is 1. The zero-order valence-corrected chi connectivity index (χ0v) is 23.4. The minimum atomic E-state index is -5.31. The Bertz CT molecular complexity index is 1360. The summed E-state index contributed by atoms with van der Waals surface area (Å²) in [5.41, 5.74) is 6.61. The fraction of sp³-hybridized carbons (Fsp3) is 0.722. The van der Waals surface area contributed by atoms with E-state index >= 15 is 0 Å². The van der Waals surface area contributed by atoms with E-state index in [1.165, 1.54) is 6.33 Å². The van der Waals surface area contributed by atoms with Crippen LogP contribution in [0.4, 0.5) is 10.2 Å². The molecule has 3 aliphatic rings. The molecule has 22 heteroatoms. The van der Waals surface area contributed by atoms with Gasteiger partial charge in [-0.15, -0.1) is 0 Å². The third-order valence-corrected chi connectivity index (χ3v) is 11.3. The van der Waals surface area contributed by atoms with Gasteiger partial charge in [0.2, 0.25) is 0 Å². The second kappa shape index (κ2) is 11.0. The molecule has 224 valence electrons. The molecule has 9 N–H and O–H groups in total. The van der Waals surface area contributed by atoms with Crippen LogP contribution in [-0.2, 0) is 39.2 Å². The molecule has 4 heterocycles. The number of nitrogens with zero attached hydrogens (tertiary/aromatic N) is 3. The molecule has 0 bridgehead atoms. The van der Waals surface area contributed by atoms with Crippen molar-refractivity contribution in [2.75, 3.05) is 18.9 Å². The largest absolute Gasteiger partial charge is 0.481 e. The first-order valence-corrected chi connectivity index (χ1v) is 16.4. The zero-order valence-electron chi connectivity index (χ0n) is 20.0. The Morgan fingerprint density at radius 3 is 2.70 bits per heavy atom. The predicted octanol–water partition coefficient (Wildman–Crippen LogP) is -1.43. The van der Waals surface area contributed by atoms with E-state index in [0.29, 0.717) is 15.9 Å². The number of anilines is 1. The van der Waals surface area contributed by atoms with Gasteiger partial charge in [-0.1, -0.05) is 0 Å². The molecule has 8 unspecified atom stereocenters. The molecule has 1 aliphatic carbocycles. The van der Waals surface area contributed by atoms with Crippen LogP contribution in [0.15, 0.2) is 6.33 Å². The van der Waals surface area contributed by atoms with E-state index in [2.05, 4.69) is 18.7 Å². The lowest BCUT2D eigenvalue weighted by Crippen LogP contribution is -2.64. The summed E-state index contributed by atoms with van der Waals surface area (Å²) in [6, 6.07) is 0. The quantitative estimate of drug-likeness (QED) is 0.137. The molecule has 2 aliphatic heterocycles. The van der Waals surface area contributed by atoms with Gasteiger partial charge < -0.3 is 55.1 Å². The Hall–Kier alpha value is -0.900. The number of nitrogens with two attached hydrogens (primary N) is 1. The number of halogens is 1. The monoisotopic (exact) mass is 650 g/mol. The Balaban J connectivity index is 1.17. The second-order valence-corrected chi connectivity index (χ2v) is 14.5. The van der Waals surface area contributed by atoms with Crippen LogP contribution in [0.3, 0.4) is 0 Å². The van der Waals surface area contributed by atoms with E-state index in [9.17, 15) is 39.2 Å². The van der Waals surface area contributed by atoms with Gasteiger partial charge in [0.25, 0.3) is 0 Å². The minimum absolute atomic E-state index is 0.0977. The van der Waals surface area contributed by atoms with Crippen molar-refractivity contribution in [2.24, 2.45) is 11.8 Å². The molecule has 0 amide bonds. The number of fused-ring (bicyclic) bond motifs is 2. The van der Waals surface area contributed by atoms with E-state index in [1.807, 2.05) is 0 Å². The predicted molar refractivity (Wildman–Crippen MR) is 133 cm³/mol. The van der Waals surface area contributed by atoms with Crippen LogP contribution in [0.5, 0.6) is 0 Å². The van der Waals surface area contributed by atoms with E-state index in [0.717, 1.165) is 11.5 Å². The molecular formula is C18H25FN4O13P2S2. The van der Waals surface area contributed by atoms with Crippen molar-refractivity contribution in [3.8, 4) is 0 Å². The standard InChI is InChI=1S/C18H25FN4O13P2S2/c19-5(2-24)9-13(26)14(27)10-17(34-18(9,10)28)35-37(29,30)36-38(31,39)32-3-8-6(25)1-7(33-8)15-11-12(23-40-15)16(20)22-4-21-11/h4-10,13-14,17,24-28H,1-3H2,(H,29,30)(H,31,39)(H2,20,21,22)/t5-,6-,7+,8+,9?,10?,13?,14?,17?,18?,38?/m0/s1. The Kier molecular flexibility index (Phi) is 8.39. The van der Waals surface area contributed by atoms with Crippen LogP contribution in [0, 0.1) is 11.8 Å². The number of aromatic nitrogens is 3. The summed E-state index contributed by atoms with van der Waals surface area (Å²) >= 11 is 5.81. The molecule has 2 saturated heterocycles. The average molecular weight is 650 g/mol. The Labute approximate surface area is 233 Å². The van der Waals surface area contributed by atoms with E-state index in [4.69, 9.17) is 41.2 Å². The third-order valence-electron chi connectivity index (χ3n) is 6.88. The molecule has 0 aromatic carbocycles. The summed E-state index contributed by atoms with van der Waals surface area (Å²) in [4.78, 5) is 29.0. The topological polar surface area (TPSA) is 270 Å². The van der Waals surface area contributed by atoms with Crippen molar-refractivity contribution in [2.45, 2.75) is 55.2 Å². The van der Waals surface area contributed by atoms with Crippen molar-refractivity contribution in [3.05, 3.63) is 11.2 Å². The number of phosphoric ester groups is 1. The average Bonchev–Trinajstić information content (AvgIpc) is 3.48. The highest BCUT2D eigenvalue weighted by Gasteiger charge is 2.73. The molecule has 0 spiro atoms. The molecule has 5 rings (SSSR count). The number of alkyl halides is 1. The number of ether oxygens (including phenoxy) is 2. The highest BCUT2D eigenvalue weighted by molar-refractivity contribution is 8.08. The molecule has 2 aromatic rings. The van der Waals surface area contributed by atoms with E-state index in [1.54, 1.807) is 0 Å². The molecule has 3 fully saturated rings. The molecule has 12 atom stereocenters. The first-order chi connectivity index (χ1) is 18.7. The van der Waals surface area contributed by atoms with Crippen LogP contribution < -0.4 is 5.73 Å². The van der Waals surface area contributed by atoms with Gasteiger partial charge in [0.15, 0.2) is 17.9 Å². The van der Waals surface area contributed by atoms with Crippen LogP contribution in [0.1, 0.15) is 17.4 Å². The van der Waals surface area contributed by atoms with Gasteiger partial charge in [0.1, 0.15) is 29.6 Å². The highest BCUT2D eigenvalue weighted by Crippen LogP contribution is 2.65. The van der Waals surface area contributed by atoms with Crippen molar-refractivity contribution in [3.63, 3.8) is 0 Å². The Morgan fingerprint density at radius 2 is 2.00 bits per heavy atom. The summed E-state index contributed by atoms with van der Waals surface area (Å²) in [5, 5.41) is 50.2. The lowest BCUT2D eigenvalue weighted by Gasteiger charge is -2.49. The summed E-state index contributed by atoms with van der Waals surface area (Å²) in [5.74, 6) is -5.74. The molecule has 2 aromatic heterocycles. The van der Waals surface area contributed by atoms with E-state index < -0.39 is 88.4 Å². The zero-order chi connectivity index (χ0) is 29.2. The van der Waals surface area contributed by atoms with Crippen LogP contribution >= 0.6 is 26.1 Å². The van der Waals surface area contributed by atoms with Gasteiger partial charge in [-0.05, 0) is 23.3 Å². The molecule has 17 nitrogen and oxygen atoms in total. The van der Waals surface area contributed by atoms with Gasteiger partial charge in [0.05, 0.1) is 54.3 Å². The van der Waals surface area contributed by atoms with Gasteiger partial charge in [-0.2, -0.15) is 4.37 Å². The van der Waals surface area contributed by atoms with Crippen molar-refractivity contribution >= 4 is 54.7 Å². The summed E-state index contributed by atoms with van der Waals surface area (Å²) in [7, 11) is -5.31. The molecule has 0 radical (unpaired) electrons. The maximum atomic E-state index is 14.0. The first-order valence-electron chi connectivity index (χ1n) is 11.6. The van der Waals surface area contributed by atoms with Crippen molar-refractivity contribution in [1.29, 1.82) is 0 Å². The minimum Gasteiger partial charge on any atom is -0.393 e. The third kappa shape index (κ3) is 5.46. The van der Waals surface area contributed by atoms with Gasteiger partial charge in [-0.3, -0.25) is 4.52 Å².